The molecular formula is C15H21NO3. The molecule has 2 rings (SSSR count). The topological polar surface area (TPSA) is 43.6 Å². The first kappa shape index (κ1) is 14.1. The van der Waals surface area contributed by atoms with Crippen LogP contribution < -0.4 is 5.32 Å². The van der Waals surface area contributed by atoms with Gasteiger partial charge in [-0.1, -0.05) is 6.07 Å². The van der Waals surface area contributed by atoms with Crippen LogP contribution in [0.25, 0.3) is 11.0 Å². The Morgan fingerprint density at radius 1 is 1.21 bits per heavy atom. The van der Waals surface area contributed by atoms with E-state index in [1.807, 2.05) is 13.1 Å². The number of fused-ring (bicyclic) bond motifs is 1. The minimum Gasteiger partial charge on any atom is -0.459 e. The fourth-order valence-electron chi connectivity index (χ4n) is 2.23. The summed E-state index contributed by atoms with van der Waals surface area (Å²) in [6.45, 7) is 2.00. The molecule has 0 fully saturated rings. The molecule has 0 atom stereocenters. The Morgan fingerprint density at radius 3 is 2.74 bits per heavy atom. The molecule has 0 bridgehead atoms. The molecule has 0 radical (unpaired) electrons. The summed E-state index contributed by atoms with van der Waals surface area (Å²) < 4.78 is 16.3. The van der Waals surface area contributed by atoms with E-state index in [1.54, 1.807) is 14.2 Å². The predicted octanol–water partition coefficient (Wildman–Crippen LogP) is 2.49. The van der Waals surface area contributed by atoms with E-state index in [1.165, 1.54) is 5.56 Å². The molecule has 4 nitrogen and oxygen atoms in total. The lowest BCUT2D eigenvalue weighted by molar-refractivity contribution is 0.183. The van der Waals surface area contributed by atoms with Crippen molar-refractivity contribution in [2.75, 3.05) is 27.9 Å². The van der Waals surface area contributed by atoms with Crippen molar-refractivity contribution in [2.24, 2.45) is 0 Å². The second-order valence-electron chi connectivity index (χ2n) is 4.54. The van der Waals surface area contributed by atoms with E-state index >= 15 is 0 Å². The van der Waals surface area contributed by atoms with Gasteiger partial charge in [0.2, 0.25) is 0 Å². The number of benzene rings is 1. The minimum absolute atomic E-state index is 0.567. The molecule has 1 heterocycles. The summed E-state index contributed by atoms with van der Waals surface area (Å²) in [7, 11) is 5.34. The Balaban J connectivity index is 2.40. The van der Waals surface area contributed by atoms with Crippen molar-refractivity contribution >= 4 is 11.0 Å². The van der Waals surface area contributed by atoms with Gasteiger partial charge in [-0.15, -0.1) is 0 Å². The van der Waals surface area contributed by atoms with Crippen molar-refractivity contribution in [2.45, 2.75) is 19.6 Å². The number of nitrogens with one attached hydrogen (secondary N) is 1. The molecule has 4 heteroatoms. The Bertz CT molecular complexity index is 533. The van der Waals surface area contributed by atoms with Gasteiger partial charge in [-0.2, -0.15) is 0 Å². The van der Waals surface area contributed by atoms with Gasteiger partial charge < -0.3 is 19.2 Å². The fourth-order valence-corrected chi connectivity index (χ4v) is 2.23. The lowest BCUT2D eigenvalue weighted by Crippen LogP contribution is -2.06. The molecule has 0 aliphatic heterocycles. The maximum atomic E-state index is 5.88. The van der Waals surface area contributed by atoms with Crippen molar-refractivity contribution in [3.05, 3.63) is 35.1 Å². The molecule has 0 saturated carbocycles. The van der Waals surface area contributed by atoms with Crippen molar-refractivity contribution in [3.63, 3.8) is 0 Å². The molecule has 0 saturated heterocycles. The normalized spacial score (nSPS) is 11.3. The number of furan rings is 1. The molecule has 0 spiro atoms. The van der Waals surface area contributed by atoms with E-state index in [0.717, 1.165) is 35.3 Å². The highest BCUT2D eigenvalue weighted by Crippen LogP contribution is 2.28. The maximum Gasteiger partial charge on any atom is 0.134 e. The fraction of sp³-hybridized carbons (Fsp3) is 0.467. The van der Waals surface area contributed by atoms with Crippen LogP contribution >= 0.6 is 0 Å². The zero-order valence-electron chi connectivity index (χ0n) is 11.8. The van der Waals surface area contributed by atoms with Crippen LogP contribution in [-0.2, 0) is 29.0 Å². The summed E-state index contributed by atoms with van der Waals surface area (Å²) in [4.78, 5) is 0. The van der Waals surface area contributed by atoms with Crippen molar-refractivity contribution < 1.29 is 13.9 Å². The second-order valence-corrected chi connectivity index (χ2v) is 4.54. The molecule has 0 unspecified atom stereocenters. The standard InChI is InChI=1S/C15H21NO3/c1-16-9-15-13(10-18-3)12-8-11(6-7-17-2)4-5-14(12)19-15/h4-5,8,16H,6-7,9-10H2,1-3H3. The highest BCUT2D eigenvalue weighted by molar-refractivity contribution is 5.83. The third-order valence-corrected chi connectivity index (χ3v) is 3.16. The molecule has 104 valence electrons. The average Bonchev–Trinajstić information content (AvgIpc) is 2.75. The first-order chi connectivity index (χ1) is 9.30. The zero-order valence-corrected chi connectivity index (χ0v) is 11.8. The largest absolute Gasteiger partial charge is 0.459 e. The van der Waals surface area contributed by atoms with Gasteiger partial charge in [0, 0.05) is 25.2 Å². The van der Waals surface area contributed by atoms with Gasteiger partial charge in [0.1, 0.15) is 11.3 Å². The van der Waals surface area contributed by atoms with E-state index in [4.69, 9.17) is 13.9 Å². The lowest BCUT2D eigenvalue weighted by atomic mass is 10.1. The number of hydrogen-bond acceptors (Lipinski definition) is 4. The van der Waals surface area contributed by atoms with Gasteiger partial charge in [0.05, 0.1) is 19.8 Å². The van der Waals surface area contributed by atoms with Crippen LogP contribution in [0.1, 0.15) is 16.9 Å². The second kappa shape index (κ2) is 6.70. The van der Waals surface area contributed by atoms with Crippen LogP contribution in [0.4, 0.5) is 0 Å². The average molecular weight is 263 g/mol. The van der Waals surface area contributed by atoms with Gasteiger partial charge >= 0.3 is 0 Å². The molecule has 0 aliphatic rings. The summed E-state index contributed by atoms with van der Waals surface area (Å²) in [5, 5.41) is 4.26. The van der Waals surface area contributed by atoms with Crippen LogP contribution in [0.3, 0.4) is 0 Å². The Labute approximate surface area is 113 Å². The van der Waals surface area contributed by atoms with E-state index in [0.29, 0.717) is 13.2 Å². The van der Waals surface area contributed by atoms with Gasteiger partial charge in [-0.05, 0) is 31.2 Å². The quantitative estimate of drug-likeness (QED) is 0.833. The summed E-state index contributed by atoms with van der Waals surface area (Å²) >= 11 is 0. The first-order valence-electron chi connectivity index (χ1n) is 6.45. The third kappa shape index (κ3) is 3.15. The monoisotopic (exact) mass is 263 g/mol. The Kier molecular flexibility index (Phi) is 4.96. The van der Waals surface area contributed by atoms with Gasteiger partial charge in [0.25, 0.3) is 0 Å². The number of ether oxygens (including phenoxy) is 2. The van der Waals surface area contributed by atoms with Crippen molar-refractivity contribution in [1.29, 1.82) is 0 Å². The molecule has 1 N–H and O–H groups in total. The van der Waals surface area contributed by atoms with Crippen LogP contribution in [0.15, 0.2) is 22.6 Å². The number of methoxy groups -OCH3 is 2. The van der Waals surface area contributed by atoms with Crippen molar-refractivity contribution in [1.82, 2.24) is 5.32 Å². The number of hydrogen-bond donors (Lipinski definition) is 1. The van der Waals surface area contributed by atoms with E-state index < -0.39 is 0 Å². The van der Waals surface area contributed by atoms with E-state index in [9.17, 15) is 0 Å². The summed E-state index contributed by atoms with van der Waals surface area (Å²) in [5.74, 6) is 0.947. The minimum atomic E-state index is 0.567. The molecule has 1 aromatic carbocycles. The molecule has 1 aromatic heterocycles. The summed E-state index contributed by atoms with van der Waals surface area (Å²) in [5.41, 5.74) is 3.30. The van der Waals surface area contributed by atoms with Crippen LogP contribution in [0.2, 0.25) is 0 Å². The van der Waals surface area contributed by atoms with Crippen LogP contribution in [-0.4, -0.2) is 27.9 Å². The molecule has 19 heavy (non-hydrogen) atoms. The predicted molar refractivity (Wildman–Crippen MR) is 75.3 cm³/mol. The molecule has 2 aromatic rings. The SMILES string of the molecule is CNCc1oc2ccc(CCOC)cc2c1COC. The first-order valence-corrected chi connectivity index (χ1v) is 6.45. The molecule has 0 aliphatic carbocycles. The van der Waals surface area contributed by atoms with Gasteiger partial charge in [0.15, 0.2) is 0 Å². The van der Waals surface area contributed by atoms with Gasteiger partial charge in [-0.25, -0.2) is 0 Å². The third-order valence-electron chi connectivity index (χ3n) is 3.16. The maximum absolute atomic E-state index is 5.88. The highest BCUT2D eigenvalue weighted by atomic mass is 16.5. The van der Waals surface area contributed by atoms with Gasteiger partial charge in [-0.3, -0.25) is 0 Å². The summed E-state index contributed by atoms with van der Waals surface area (Å²) in [6, 6.07) is 6.29. The highest BCUT2D eigenvalue weighted by Gasteiger charge is 2.13. The van der Waals surface area contributed by atoms with Crippen LogP contribution in [0.5, 0.6) is 0 Å². The van der Waals surface area contributed by atoms with Crippen molar-refractivity contribution in [3.8, 4) is 0 Å². The Hall–Kier alpha value is -1.36. The smallest absolute Gasteiger partial charge is 0.134 e. The number of rotatable bonds is 7. The molecule has 0 amide bonds. The van der Waals surface area contributed by atoms with E-state index in [2.05, 4.69) is 17.4 Å². The van der Waals surface area contributed by atoms with E-state index in [-0.39, 0.29) is 0 Å². The Morgan fingerprint density at radius 2 is 2.05 bits per heavy atom. The zero-order chi connectivity index (χ0) is 13.7. The molecular weight excluding hydrogens is 242 g/mol. The lowest BCUT2D eigenvalue weighted by Gasteiger charge is -2.03. The summed E-state index contributed by atoms with van der Waals surface area (Å²) in [6.07, 6.45) is 0.908. The van der Waals surface area contributed by atoms with Crippen LogP contribution in [0, 0.1) is 0 Å².